The summed E-state index contributed by atoms with van der Waals surface area (Å²) < 4.78 is 19.0. The van der Waals surface area contributed by atoms with E-state index in [4.69, 9.17) is 4.74 Å². The van der Waals surface area contributed by atoms with Gasteiger partial charge in [-0.2, -0.15) is 0 Å². The lowest BCUT2D eigenvalue weighted by atomic mass is 9.83. The average molecular weight is 303 g/mol. The summed E-state index contributed by atoms with van der Waals surface area (Å²) in [6.07, 6.45) is 0. The molecule has 1 unspecified atom stereocenters. The lowest BCUT2D eigenvalue weighted by molar-refractivity contribution is 0.165. The predicted octanol–water partition coefficient (Wildman–Crippen LogP) is 4.57. The van der Waals surface area contributed by atoms with Crippen LogP contribution in [0.2, 0.25) is 0 Å². The lowest BCUT2D eigenvalue weighted by Crippen LogP contribution is -2.27. The van der Waals surface area contributed by atoms with Crippen molar-refractivity contribution in [3.05, 3.63) is 29.6 Å². The summed E-state index contributed by atoms with van der Waals surface area (Å²) in [5.74, 6) is 0.781. The van der Waals surface area contributed by atoms with Gasteiger partial charge < -0.3 is 4.74 Å². The van der Waals surface area contributed by atoms with E-state index in [1.165, 1.54) is 6.07 Å². The second kappa shape index (κ2) is 5.85. The second-order valence-corrected chi connectivity index (χ2v) is 6.09. The predicted molar refractivity (Wildman–Crippen MR) is 73.4 cm³/mol. The Morgan fingerprint density at radius 2 is 2.00 bits per heavy atom. The third-order valence-electron chi connectivity index (χ3n) is 3.01. The molecule has 1 aromatic carbocycles. The van der Waals surface area contributed by atoms with E-state index >= 15 is 0 Å². The van der Waals surface area contributed by atoms with Crippen LogP contribution < -0.4 is 4.74 Å². The third-order valence-corrected chi connectivity index (χ3v) is 3.79. The first kappa shape index (κ1) is 14.5. The molecule has 17 heavy (non-hydrogen) atoms. The standard InChI is InChI=1S/C14H20BrFO/c1-10-5-6-12(7-13(10)16)17-9-11(8-15)14(2,3)4/h5-7,11H,8-9H2,1-4H3. The maximum atomic E-state index is 13.3. The Balaban J connectivity index is 2.63. The van der Waals surface area contributed by atoms with Crippen LogP contribution in [0.3, 0.4) is 0 Å². The summed E-state index contributed by atoms with van der Waals surface area (Å²) in [6, 6.07) is 5.00. The highest BCUT2D eigenvalue weighted by Gasteiger charge is 2.24. The molecule has 0 saturated heterocycles. The van der Waals surface area contributed by atoms with Crippen molar-refractivity contribution in [1.82, 2.24) is 0 Å². The van der Waals surface area contributed by atoms with Gasteiger partial charge in [-0.1, -0.05) is 42.8 Å². The smallest absolute Gasteiger partial charge is 0.129 e. The minimum atomic E-state index is -0.214. The summed E-state index contributed by atoms with van der Waals surface area (Å²) in [4.78, 5) is 0. The molecule has 1 atom stereocenters. The minimum Gasteiger partial charge on any atom is -0.493 e. The van der Waals surface area contributed by atoms with Gasteiger partial charge in [-0.25, -0.2) is 4.39 Å². The zero-order chi connectivity index (χ0) is 13.1. The van der Waals surface area contributed by atoms with Crippen molar-refractivity contribution >= 4 is 15.9 Å². The monoisotopic (exact) mass is 302 g/mol. The van der Waals surface area contributed by atoms with Crippen LogP contribution in [-0.4, -0.2) is 11.9 Å². The van der Waals surface area contributed by atoms with Crippen LogP contribution in [0.1, 0.15) is 26.3 Å². The zero-order valence-electron chi connectivity index (χ0n) is 10.9. The number of aryl methyl sites for hydroxylation is 1. The van der Waals surface area contributed by atoms with Gasteiger partial charge in [0, 0.05) is 17.3 Å². The molecule has 0 radical (unpaired) electrons. The highest BCUT2D eigenvalue weighted by atomic mass is 79.9. The summed E-state index contributed by atoms with van der Waals surface area (Å²) in [6.45, 7) is 8.88. The topological polar surface area (TPSA) is 9.23 Å². The summed E-state index contributed by atoms with van der Waals surface area (Å²) >= 11 is 3.50. The maximum absolute atomic E-state index is 13.3. The molecule has 0 N–H and O–H groups in total. The first-order valence-corrected chi connectivity index (χ1v) is 6.91. The molecule has 0 aliphatic carbocycles. The minimum absolute atomic E-state index is 0.173. The fraction of sp³-hybridized carbons (Fsp3) is 0.571. The molecule has 0 aliphatic heterocycles. The van der Waals surface area contributed by atoms with E-state index in [0.717, 1.165) is 5.33 Å². The fourth-order valence-electron chi connectivity index (χ4n) is 1.39. The van der Waals surface area contributed by atoms with Crippen LogP contribution in [0.25, 0.3) is 0 Å². The number of benzene rings is 1. The Bertz CT molecular complexity index is 371. The van der Waals surface area contributed by atoms with Gasteiger partial charge in [-0.3, -0.25) is 0 Å². The van der Waals surface area contributed by atoms with Gasteiger partial charge in [-0.05, 0) is 24.0 Å². The normalized spacial score (nSPS) is 13.5. The van der Waals surface area contributed by atoms with E-state index in [2.05, 4.69) is 36.7 Å². The lowest BCUT2D eigenvalue weighted by Gasteiger charge is -2.29. The van der Waals surface area contributed by atoms with Crippen LogP contribution in [0.15, 0.2) is 18.2 Å². The number of alkyl halides is 1. The van der Waals surface area contributed by atoms with Gasteiger partial charge in [-0.15, -0.1) is 0 Å². The Hall–Kier alpha value is -0.570. The molecule has 0 amide bonds. The van der Waals surface area contributed by atoms with Crippen LogP contribution in [-0.2, 0) is 0 Å². The molecule has 0 aromatic heterocycles. The SMILES string of the molecule is Cc1ccc(OCC(CBr)C(C)(C)C)cc1F. The van der Waals surface area contributed by atoms with Gasteiger partial charge in [0.15, 0.2) is 0 Å². The molecule has 96 valence electrons. The summed E-state index contributed by atoms with van der Waals surface area (Å²) in [5, 5.41) is 0.880. The van der Waals surface area contributed by atoms with Crippen molar-refractivity contribution in [1.29, 1.82) is 0 Å². The molecule has 0 saturated carbocycles. The van der Waals surface area contributed by atoms with E-state index in [0.29, 0.717) is 23.8 Å². The van der Waals surface area contributed by atoms with Crippen molar-refractivity contribution < 1.29 is 9.13 Å². The van der Waals surface area contributed by atoms with Crippen molar-refractivity contribution in [2.45, 2.75) is 27.7 Å². The third kappa shape index (κ3) is 4.30. The Morgan fingerprint density at radius 3 is 2.47 bits per heavy atom. The molecule has 0 heterocycles. The molecule has 1 aromatic rings. The van der Waals surface area contributed by atoms with Crippen molar-refractivity contribution in [3.63, 3.8) is 0 Å². The quantitative estimate of drug-likeness (QED) is 0.740. The molecule has 1 nitrogen and oxygen atoms in total. The van der Waals surface area contributed by atoms with Crippen LogP contribution in [0.4, 0.5) is 4.39 Å². The number of halogens is 2. The van der Waals surface area contributed by atoms with Crippen molar-refractivity contribution in [2.24, 2.45) is 11.3 Å². The van der Waals surface area contributed by atoms with E-state index in [1.807, 2.05) is 6.07 Å². The van der Waals surface area contributed by atoms with Gasteiger partial charge >= 0.3 is 0 Å². The highest BCUT2D eigenvalue weighted by molar-refractivity contribution is 9.09. The number of rotatable bonds is 4. The van der Waals surface area contributed by atoms with E-state index in [1.54, 1.807) is 13.0 Å². The number of ether oxygens (including phenoxy) is 1. The molecule has 0 spiro atoms. The van der Waals surface area contributed by atoms with E-state index in [-0.39, 0.29) is 11.2 Å². The molecule has 3 heteroatoms. The second-order valence-electron chi connectivity index (χ2n) is 5.44. The van der Waals surface area contributed by atoms with Crippen LogP contribution >= 0.6 is 15.9 Å². The van der Waals surface area contributed by atoms with Gasteiger partial charge in [0.1, 0.15) is 11.6 Å². The van der Waals surface area contributed by atoms with Gasteiger partial charge in [0.25, 0.3) is 0 Å². The van der Waals surface area contributed by atoms with Crippen LogP contribution in [0, 0.1) is 24.1 Å². The summed E-state index contributed by atoms with van der Waals surface area (Å²) in [7, 11) is 0. The first-order valence-electron chi connectivity index (χ1n) is 5.79. The van der Waals surface area contributed by atoms with Crippen LogP contribution in [0.5, 0.6) is 5.75 Å². The van der Waals surface area contributed by atoms with Crippen molar-refractivity contribution in [2.75, 3.05) is 11.9 Å². The molecular weight excluding hydrogens is 283 g/mol. The van der Waals surface area contributed by atoms with Gasteiger partial charge in [0.05, 0.1) is 6.61 Å². The van der Waals surface area contributed by atoms with E-state index in [9.17, 15) is 4.39 Å². The number of hydrogen-bond acceptors (Lipinski definition) is 1. The molecule has 0 fully saturated rings. The molecule has 0 aliphatic rings. The number of hydrogen-bond donors (Lipinski definition) is 0. The fourth-order valence-corrected chi connectivity index (χ4v) is 2.54. The highest BCUT2D eigenvalue weighted by Crippen LogP contribution is 2.28. The zero-order valence-corrected chi connectivity index (χ0v) is 12.5. The first-order chi connectivity index (χ1) is 7.84. The maximum Gasteiger partial charge on any atom is 0.129 e. The molecule has 1 rings (SSSR count). The average Bonchev–Trinajstić information content (AvgIpc) is 2.22. The summed E-state index contributed by atoms with van der Waals surface area (Å²) in [5.41, 5.74) is 0.817. The largest absolute Gasteiger partial charge is 0.493 e. The Kier molecular flexibility index (Phi) is 4.99. The Labute approximate surface area is 111 Å². The van der Waals surface area contributed by atoms with E-state index < -0.39 is 0 Å². The molecular formula is C14H20BrFO. The van der Waals surface area contributed by atoms with Crippen molar-refractivity contribution in [3.8, 4) is 5.75 Å². The Morgan fingerprint density at radius 1 is 1.35 bits per heavy atom. The molecule has 0 bridgehead atoms. The van der Waals surface area contributed by atoms with Gasteiger partial charge in [0.2, 0.25) is 0 Å².